The maximum atomic E-state index is 14.2. The predicted octanol–water partition coefficient (Wildman–Crippen LogP) is 1.05. The Hall–Kier alpha value is -3.23. The zero-order valence-corrected chi connectivity index (χ0v) is 15.7. The molecule has 2 aliphatic rings. The second kappa shape index (κ2) is 7.79. The first-order valence-corrected chi connectivity index (χ1v) is 9.02. The van der Waals surface area contributed by atoms with Gasteiger partial charge in [0.25, 0.3) is 5.56 Å². The summed E-state index contributed by atoms with van der Waals surface area (Å²) in [7, 11) is 0. The summed E-state index contributed by atoms with van der Waals surface area (Å²) < 4.78 is 15.5. The van der Waals surface area contributed by atoms with Gasteiger partial charge in [-0.05, 0) is 38.6 Å². The van der Waals surface area contributed by atoms with Crippen molar-refractivity contribution in [1.82, 2.24) is 14.8 Å². The molecule has 28 heavy (non-hydrogen) atoms. The molecule has 0 saturated carbocycles. The van der Waals surface area contributed by atoms with Gasteiger partial charge in [0, 0.05) is 37.0 Å². The summed E-state index contributed by atoms with van der Waals surface area (Å²) in [4.78, 5) is 30.7. The Morgan fingerprint density at radius 3 is 2.89 bits per heavy atom. The number of amidine groups is 1. The molecule has 3 heterocycles. The number of carbonyl (C=O) groups is 1. The number of pyridine rings is 1. The fraction of sp³-hybridized carbons (Fsp3) is 0.368. The lowest BCUT2D eigenvalue weighted by molar-refractivity contribution is -0.117. The maximum absolute atomic E-state index is 14.2. The summed E-state index contributed by atoms with van der Waals surface area (Å²) in [5, 5.41) is 11.3. The van der Waals surface area contributed by atoms with Gasteiger partial charge in [-0.25, -0.2) is 9.38 Å². The molecule has 2 aliphatic heterocycles. The van der Waals surface area contributed by atoms with Crippen LogP contribution in [0.15, 0.2) is 45.1 Å². The van der Waals surface area contributed by atoms with Gasteiger partial charge in [0.1, 0.15) is 17.5 Å². The Labute approximate surface area is 161 Å². The van der Waals surface area contributed by atoms with Crippen LogP contribution in [0, 0.1) is 11.2 Å². The molecule has 1 aromatic rings. The molecule has 0 aromatic carbocycles. The van der Waals surface area contributed by atoms with Crippen LogP contribution in [0.25, 0.3) is 0 Å². The van der Waals surface area contributed by atoms with E-state index < -0.39 is 11.9 Å². The summed E-state index contributed by atoms with van der Waals surface area (Å²) in [6, 6.07) is 0.778. The van der Waals surface area contributed by atoms with Crippen LogP contribution in [0.4, 0.5) is 4.39 Å². The van der Waals surface area contributed by atoms with Crippen molar-refractivity contribution in [3.8, 4) is 0 Å². The van der Waals surface area contributed by atoms with Crippen molar-refractivity contribution in [3.63, 3.8) is 0 Å². The molecule has 3 rings (SSSR count). The van der Waals surface area contributed by atoms with Crippen LogP contribution in [-0.4, -0.2) is 41.0 Å². The minimum atomic E-state index is -0.536. The number of nitrogens with two attached hydrogens (primary N) is 1. The normalized spacial score (nSPS) is 24.1. The third kappa shape index (κ3) is 3.60. The van der Waals surface area contributed by atoms with Crippen LogP contribution in [0.5, 0.6) is 0 Å². The van der Waals surface area contributed by atoms with Crippen LogP contribution in [0.3, 0.4) is 0 Å². The lowest BCUT2D eigenvalue weighted by Gasteiger charge is -2.28. The van der Waals surface area contributed by atoms with E-state index in [1.807, 2.05) is 0 Å². The van der Waals surface area contributed by atoms with Gasteiger partial charge in [-0.3, -0.25) is 15.0 Å². The highest BCUT2D eigenvalue weighted by molar-refractivity contribution is 6.02. The molecule has 9 heteroatoms. The van der Waals surface area contributed by atoms with E-state index >= 15 is 0 Å². The zero-order chi connectivity index (χ0) is 20.4. The molecule has 1 amide bonds. The lowest BCUT2D eigenvalue weighted by Crippen LogP contribution is -2.36. The first-order valence-electron chi connectivity index (χ1n) is 9.02. The number of carbonyl (C=O) groups excluding carboxylic acids is 1. The van der Waals surface area contributed by atoms with Gasteiger partial charge in [-0.1, -0.05) is 0 Å². The number of nitrogens with zero attached hydrogens (tertiary/aromatic N) is 3. The Morgan fingerprint density at radius 2 is 2.18 bits per heavy atom. The molecule has 148 valence electrons. The molecule has 4 N–H and O–H groups in total. The van der Waals surface area contributed by atoms with E-state index in [-0.39, 0.29) is 47.3 Å². The number of rotatable bonds is 1. The number of nitrogens with one attached hydrogen (secondary N) is 2. The standard InChI is InChI=1S/C19H23FN6O2/c1-11-8-14(16(21)23-2)17(22)26-6-3-4-15(26)13-9-12(20)10-25(19(13)28)7-5-24-18(11)27/h8-10,15,22H,2-7,21H2,1H3,(H,24,27)/b11-8+,16-14+,22-17?/t15-/m1/s1. The third-order valence-electron chi connectivity index (χ3n) is 5.04. The van der Waals surface area contributed by atoms with E-state index in [1.165, 1.54) is 16.7 Å². The van der Waals surface area contributed by atoms with Crippen molar-refractivity contribution in [1.29, 1.82) is 5.41 Å². The van der Waals surface area contributed by atoms with Crippen molar-refractivity contribution in [3.05, 3.63) is 57.0 Å². The van der Waals surface area contributed by atoms with Crippen LogP contribution >= 0.6 is 0 Å². The number of halogens is 1. The van der Waals surface area contributed by atoms with Crippen LogP contribution in [0.1, 0.15) is 31.4 Å². The van der Waals surface area contributed by atoms with E-state index in [0.717, 1.165) is 12.6 Å². The fourth-order valence-corrected chi connectivity index (χ4v) is 3.60. The first kappa shape index (κ1) is 19.5. The average molecular weight is 386 g/mol. The predicted molar refractivity (Wildman–Crippen MR) is 105 cm³/mol. The number of hydrogen-bond donors (Lipinski definition) is 3. The van der Waals surface area contributed by atoms with Gasteiger partial charge in [0.05, 0.1) is 11.6 Å². The smallest absolute Gasteiger partial charge is 0.256 e. The molecule has 1 aromatic heterocycles. The highest BCUT2D eigenvalue weighted by Crippen LogP contribution is 2.32. The monoisotopic (exact) mass is 386 g/mol. The molecular formula is C19H23FN6O2. The molecule has 2 bridgehead atoms. The Kier molecular flexibility index (Phi) is 5.43. The molecule has 0 radical (unpaired) electrons. The van der Waals surface area contributed by atoms with Gasteiger partial charge in [0.2, 0.25) is 5.91 Å². The molecule has 0 aliphatic carbocycles. The highest BCUT2D eigenvalue weighted by Gasteiger charge is 2.32. The fourth-order valence-electron chi connectivity index (χ4n) is 3.60. The zero-order valence-electron chi connectivity index (χ0n) is 15.7. The number of amides is 1. The molecule has 1 atom stereocenters. The maximum Gasteiger partial charge on any atom is 0.256 e. The third-order valence-corrected chi connectivity index (χ3v) is 5.04. The van der Waals surface area contributed by atoms with E-state index in [9.17, 15) is 14.0 Å². The lowest BCUT2D eigenvalue weighted by atomic mass is 10.0. The Balaban J connectivity index is 2.20. The van der Waals surface area contributed by atoms with E-state index in [2.05, 4.69) is 17.0 Å². The number of hydrogen-bond acceptors (Lipinski definition) is 5. The molecular weight excluding hydrogens is 363 g/mol. The average Bonchev–Trinajstić information content (AvgIpc) is 3.15. The van der Waals surface area contributed by atoms with Crippen molar-refractivity contribution >= 4 is 18.5 Å². The Bertz CT molecular complexity index is 962. The van der Waals surface area contributed by atoms with Crippen molar-refractivity contribution in [2.24, 2.45) is 10.7 Å². The van der Waals surface area contributed by atoms with Crippen LogP contribution in [0.2, 0.25) is 0 Å². The quantitative estimate of drug-likeness (QED) is 0.626. The summed E-state index contributed by atoms with van der Waals surface area (Å²) in [5.41, 5.74) is 6.48. The molecule has 8 nitrogen and oxygen atoms in total. The highest BCUT2D eigenvalue weighted by atomic mass is 19.1. The van der Waals surface area contributed by atoms with Gasteiger partial charge in [0.15, 0.2) is 0 Å². The van der Waals surface area contributed by atoms with Crippen molar-refractivity contribution in [2.45, 2.75) is 32.4 Å². The topological polar surface area (TPSA) is 117 Å². The number of aromatic nitrogens is 1. The molecule has 1 saturated heterocycles. The summed E-state index contributed by atoms with van der Waals surface area (Å²) >= 11 is 0. The van der Waals surface area contributed by atoms with E-state index in [4.69, 9.17) is 11.1 Å². The largest absolute Gasteiger partial charge is 0.383 e. The van der Waals surface area contributed by atoms with Gasteiger partial charge in [-0.15, -0.1) is 0 Å². The van der Waals surface area contributed by atoms with E-state index in [0.29, 0.717) is 18.5 Å². The minimum Gasteiger partial charge on any atom is -0.383 e. The van der Waals surface area contributed by atoms with Gasteiger partial charge < -0.3 is 20.5 Å². The van der Waals surface area contributed by atoms with Crippen LogP contribution < -0.4 is 16.6 Å². The molecule has 0 unspecified atom stereocenters. The number of aliphatic imine (C=N–C) groups is 1. The second-order valence-electron chi connectivity index (χ2n) is 6.85. The SMILES string of the molecule is C=N/C(N)=C1\C=C(/C)C(=O)NCCn2cc(F)cc(c2=O)[C@H]2CCCN2C1=N. The number of fused-ring (bicyclic) bond motifs is 4. The van der Waals surface area contributed by atoms with Crippen molar-refractivity contribution in [2.75, 3.05) is 13.1 Å². The van der Waals surface area contributed by atoms with E-state index in [1.54, 1.807) is 11.8 Å². The first-order chi connectivity index (χ1) is 13.3. The van der Waals surface area contributed by atoms with Gasteiger partial charge >= 0.3 is 0 Å². The van der Waals surface area contributed by atoms with Crippen molar-refractivity contribution < 1.29 is 9.18 Å². The minimum absolute atomic E-state index is 0.00863. The van der Waals surface area contributed by atoms with Gasteiger partial charge in [-0.2, -0.15) is 0 Å². The second-order valence-corrected chi connectivity index (χ2v) is 6.85. The molecule has 0 spiro atoms. The summed E-state index contributed by atoms with van der Waals surface area (Å²) in [5.74, 6) is -0.876. The summed E-state index contributed by atoms with van der Waals surface area (Å²) in [6.07, 6.45) is 3.98. The Morgan fingerprint density at radius 1 is 1.43 bits per heavy atom. The molecule has 1 fully saturated rings. The van der Waals surface area contributed by atoms with Crippen LogP contribution in [-0.2, 0) is 11.3 Å². The summed E-state index contributed by atoms with van der Waals surface area (Å²) in [6.45, 7) is 5.82.